The SMILES string of the molecule is Cc1c([N+](=O)[O-])cc2sccc2c1I. The van der Waals surface area contributed by atoms with Crippen LogP contribution in [-0.4, -0.2) is 4.92 Å². The van der Waals surface area contributed by atoms with E-state index in [0.717, 1.165) is 19.2 Å². The number of halogens is 1. The molecule has 5 heteroatoms. The Kier molecular flexibility index (Phi) is 2.44. The number of rotatable bonds is 1. The van der Waals surface area contributed by atoms with E-state index in [9.17, 15) is 10.1 Å². The largest absolute Gasteiger partial charge is 0.274 e. The Bertz CT molecular complexity index is 521. The first-order chi connectivity index (χ1) is 6.61. The fraction of sp³-hybridized carbons (Fsp3) is 0.111. The number of benzene rings is 1. The van der Waals surface area contributed by atoms with Crippen molar-refractivity contribution in [3.8, 4) is 0 Å². The molecule has 2 rings (SSSR count). The molecular formula is C9H6INO2S. The molecule has 0 aliphatic heterocycles. The first-order valence-corrected chi connectivity index (χ1v) is 5.88. The van der Waals surface area contributed by atoms with Gasteiger partial charge in [0.2, 0.25) is 0 Å². The molecule has 0 amide bonds. The van der Waals surface area contributed by atoms with E-state index in [0.29, 0.717) is 0 Å². The van der Waals surface area contributed by atoms with Gasteiger partial charge >= 0.3 is 0 Å². The van der Waals surface area contributed by atoms with Gasteiger partial charge in [0, 0.05) is 25.3 Å². The lowest BCUT2D eigenvalue weighted by molar-refractivity contribution is -0.385. The highest BCUT2D eigenvalue weighted by Gasteiger charge is 2.16. The first-order valence-electron chi connectivity index (χ1n) is 3.92. The van der Waals surface area contributed by atoms with E-state index >= 15 is 0 Å². The van der Waals surface area contributed by atoms with Crippen molar-refractivity contribution in [1.82, 2.24) is 0 Å². The molecule has 0 fully saturated rings. The highest BCUT2D eigenvalue weighted by molar-refractivity contribution is 14.1. The summed E-state index contributed by atoms with van der Waals surface area (Å²) >= 11 is 3.69. The van der Waals surface area contributed by atoms with E-state index in [1.54, 1.807) is 13.0 Å². The summed E-state index contributed by atoms with van der Waals surface area (Å²) < 4.78 is 1.96. The van der Waals surface area contributed by atoms with Crippen LogP contribution in [0.2, 0.25) is 0 Å². The summed E-state index contributed by atoms with van der Waals surface area (Å²) in [7, 11) is 0. The minimum absolute atomic E-state index is 0.212. The van der Waals surface area contributed by atoms with Gasteiger partial charge in [0.05, 0.1) is 4.92 Å². The summed E-state index contributed by atoms with van der Waals surface area (Å²) in [6.07, 6.45) is 0. The van der Waals surface area contributed by atoms with E-state index in [-0.39, 0.29) is 10.6 Å². The van der Waals surface area contributed by atoms with Crippen LogP contribution in [0.5, 0.6) is 0 Å². The van der Waals surface area contributed by atoms with Crippen LogP contribution in [0, 0.1) is 20.6 Å². The molecule has 0 aliphatic rings. The molecular weight excluding hydrogens is 313 g/mol. The molecule has 0 bridgehead atoms. The number of fused-ring (bicyclic) bond motifs is 1. The molecule has 1 aromatic heterocycles. The molecule has 72 valence electrons. The van der Waals surface area contributed by atoms with Crippen molar-refractivity contribution >= 4 is 49.7 Å². The van der Waals surface area contributed by atoms with Crippen molar-refractivity contribution in [2.45, 2.75) is 6.92 Å². The second-order valence-corrected chi connectivity index (χ2v) is 4.95. The quantitative estimate of drug-likeness (QED) is 0.457. The molecule has 0 radical (unpaired) electrons. The van der Waals surface area contributed by atoms with Gasteiger partial charge in [0.25, 0.3) is 5.69 Å². The monoisotopic (exact) mass is 319 g/mol. The molecule has 0 N–H and O–H groups in total. The lowest BCUT2D eigenvalue weighted by Crippen LogP contribution is -1.93. The maximum atomic E-state index is 10.7. The topological polar surface area (TPSA) is 43.1 Å². The number of nitrogens with zero attached hydrogens (tertiary/aromatic N) is 1. The summed E-state index contributed by atoms with van der Waals surface area (Å²) in [4.78, 5) is 10.4. The fourth-order valence-corrected chi connectivity index (χ4v) is 3.11. The summed E-state index contributed by atoms with van der Waals surface area (Å²) in [5.74, 6) is 0. The highest BCUT2D eigenvalue weighted by atomic mass is 127. The van der Waals surface area contributed by atoms with Gasteiger partial charge in [0.15, 0.2) is 0 Å². The number of nitro benzene ring substituents is 1. The van der Waals surface area contributed by atoms with Crippen LogP contribution < -0.4 is 0 Å². The average Bonchev–Trinajstić information content (AvgIpc) is 2.58. The van der Waals surface area contributed by atoms with E-state index in [2.05, 4.69) is 22.6 Å². The molecule has 0 saturated heterocycles. The van der Waals surface area contributed by atoms with Crippen molar-refractivity contribution in [3.05, 3.63) is 36.8 Å². The zero-order valence-electron chi connectivity index (χ0n) is 7.28. The van der Waals surface area contributed by atoms with E-state index in [1.807, 2.05) is 11.4 Å². The van der Waals surface area contributed by atoms with Gasteiger partial charge in [-0.2, -0.15) is 0 Å². The van der Waals surface area contributed by atoms with Gasteiger partial charge in [-0.3, -0.25) is 10.1 Å². The molecule has 0 spiro atoms. The number of hydrogen-bond donors (Lipinski definition) is 0. The van der Waals surface area contributed by atoms with E-state index in [1.165, 1.54) is 11.3 Å². The zero-order valence-corrected chi connectivity index (χ0v) is 10.3. The van der Waals surface area contributed by atoms with Crippen molar-refractivity contribution < 1.29 is 4.92 Å². The molecule has 1 heterocycles. The first kappa shape index (κ1) is 9.85. The molecule has 1 aromatic carbocycles. The van der Waals surface area contributed by atoms with Gasteiger partial charge in [-0.15, -0.1) is 11.3 Å². The molecule has 0 unspecified atom stereocenters. The maximum absolute atomic E-state index is 10.7. The Morgan fingerprint density at radius 1 is 1.57 bits per heavy atom. The summed E-state index contributed by atoms with van der Waals surface area (Å²) in [6, 6.07) is 3.65. The predicted molar refractivity (Wildman–Crippen MR) is 65.9 cm³/mol. The Morgan fingerprint density at radius 3 is 2.93 bits per heavy atom. The number of hydrogen-bond acceptors (Lipinski definition) is 3. The van der Waals surface area contributed by atoms with Crippen molar-refractivity contribution in [2.24, 2.45) is 0 Å². The van der Waals surface area contributed by atoms with Crippen LogP contribution >= 0.6 is 33.9 Å². The minimum Gasteiger partial charge on any atom is -0.258 e. The van der Waals surface area contributed by atoms with Crippen molar-refractivity contribution in [2.75, 3.05) is 0 Å². The Labute approximate surface area is 98.0 Å². The van der Waals surface area contributed by atoms with Crippen LogP contribution in [0.25, 0.3) is 10.1 Å². The van der Waals surface area contributed by atoms with E-state index in [4.69, 9.17) is 0 Å². The number of nitro groups is 1. The Balaban J connectivity index is 2.87. The fourth-order valence-electron chi connectivity index (χ4n) is 1.35. The third-order valence-corrected chi connectivity index (χ3v) is 4.36. The highest BCUT2D eigenvalue weighted by Crippen LogP contribution is 2.33. The van der Waals surface area contributed by atoms with Gasteiger partial charge in [-0.05, 0) is 41.0 Å². The lowest BCUT2D eigenvalue weighted by Gasteiger charge is -2.01. The van der Waals surface area contributed by atoms with E-state index < -0.39 is 0 Å². The van der Waals surface area contributed by atoms with Crippen molar-refractivity contribution in [3.63, 3.8) is 0 Å². The van der Waals surface area contributed by atoms with Crippen LogP contribution in [0.3, 0.4) is 0 Å². The molecule has 14 heavy (non-hydrogen) atoms. The molecule has 2 aromatic rings. The maximum Gasteiger partial charge on any atom is 0.274 e. The number of thiophene rings is 1. The normalized spacial score (nSPS) is 10.7. The summed E-state index contributed by atoms with van der Waals surface area (Å²) in [5, 5.41) is 13.8. The van der Waals surface area contributed by atoms with Crippen LogP contribution in [-0.2, 0) is 0 Å². The summed E-state index contributed by atoms with van der Waals surface area (Å²) in [5.41, 5.74) is 0.964. The predicted octanol–water partition coefficient (Wildman–Crippen LogP) is 3.72. The van der Waals surface area contributed by atoms with Gasteiger partial charge in [-0.1, -0.05) is 0 Å². The molecule has 3 nitrogen and oxygen atoms in total. The standard InChI is InChI=1S/C9H6INO2S/c1-5-7(11(12)13)4-8-6(9(5)10)2-3-14-8/h2-4H,1H3. The Morgan fingerprint density at radius 2 is 2.29 bits per heavy atom. The van der Waals surface area contributed by atoms with Crippen LogP contribution in [0.1, 0.15) is 5.56 Å². The zero-order chi connectivity index (χ0) is 10.3. The molecule has 0 atom stereocenters. The minimum atomic E-state index is -0.323. The second kappa shape index (κ2) is 3.47. The van der Waals surface area contributed by atoms with Crippen LogP contribution in [0.4, 0.5) is 5.69 Å². The Hall–Kier alpha value is -0.690. The van der Waals surface area contributed by atoms with Gasteiger partial charge < -0.3 is 0 Å². The molecule has 0 aliphatic carbocycles. The smallest absolute Gasteiger partial charge is 0.258 e. The van der Waals surface area contributed by atoms with Crippen LogP contribution in [0.15, 0.2) is 17.5 Å². The van der Waals surface area contributed by atoms with Gasteiger partial charge in [0.1, 0.15) is 0 Å². The second-order valence-electron chi connectivity index (χ2n) is 2.92. The third kappa shape index (κ3) is 1.40. The lowest BCUT2D eigenvalue weighted by atomic mass is 10.1. The van der Waals surface area contributed by atoms with Gasteiger partial charge in [-0.25, -0.2) is 0 Å². The summed E-state index contributed by atoms with van der Waals surface area (Å²) in [6.45, 7) is 1.79. The average molecular weight is 319 g/mol. The van der Waals surface area contributed by atoms with Crippen molar-refractivity contribution in [1.29, 1.82) is 0 Å². The molecule has 0 saturated carbocycles. The third-order valence-electron chi connectivity index (χ3n) is 2.11.